The van der Waals surface area contributed by atoms with Crippen LogP contribution >= 0.6 is 23.1 Å². The van der Waals surface area contributed by atoms with Gasteiger partial charge in [-0.2, -0.15) is 0 Å². The number of benzene rings is 1. The summed E-state index contributed by atoms with van der Waals surface area (Å²) < 4.78 is 13.2. The zero-order valence-electron chi connectivity index (χ0n) is 17.1. The molecule has 1 aromatic carbocycles. The van der Waals surface area contributed by atoms with Crippen LogP contribution in [0.4, 0.5) is 4.39 Å². The summed E-state index contributed by atoms with van der Waals surface area (Å²) in [7, 11) is 0. The maximum atomic E-state index is 13.2. The number of rotatable bonds is 7. The number of aryl methyl sites for hydroxylation is 2. The molecule has 5 rings (SSSR count). The first-order valence-electron chi connectivity index (χ1n) is 10.7. The monoisotopic (exact) mass is 457 g/mol. The topological polar surface area (TPSA) is 74.8 Å². The number of hydrogen-bond donors (Lipinski definition) is 2. The number of carbonyl (C=O) groups excluding carboxylic acids is 1. The first kappa shape index (κ1) is 20.7. The highest BCUT2D eigenvalue weighted by Crippen LogP contribution is 2.47. The molecule has 0 unspecified atom stereocenters. The van der Waals surface area contributed by atoms with Crippen LogP contribution in [-0.4, -0.2) is 28.2 Å². The first-order valence-corrected chi connectivity index (χ1v) is 12.7. The summed E-state index contributed by atoms with van der Waals surface area (Å²) in [5.74, 6) is 1.15. The first-order chi connectivity index (χ1) is 15.0. The molecule has 0 radical (unpaired) electrons. The second-order valence-electron chi connectivity index (χ2n) is 8.46. The minimum Gasteiger partial charge on any atom is -0.354 e. The van der Waals surface area contributed by atoms with Gasteiger partial charge in [0.05, 0.1) is 16.9 Å². The van der Waals surface area contributed by atoms with Crippen LogP contribution in [0.2, 0.25) is 0 Å². The predicted molar refractivity (Wildman–Crippen MR) is 123 cm³/mol. The van der Waals surface area contributed by atoms with E-state index in [0.29, 0.717) is 23.9 Å². The number of amides is 1. The molecule has 2 aliphatic rings. The number of aromatic amines is 1. The lowest BCUT2D eigenvalue weighted by molar-refractivity contribution is -0.118. The largest absolute Gasteiger partial charge is 0.354 e. The summed E-state index contributed by atoms with van der Waals surface area (Å²) in [6.07, 6.45) is 6.32. The highest BCUT2D eigenvalue weighted by Gasteiger charge is 2.44. The Kier molecular flexibility index (Phi) is 5.60. The summed E-state index contributed by atoms with van der Waals surface area (Å²) in [5.41, 5.74) is 2.16. The number of H-pyrrole nitrogens is 1. The fourth-order valence-corrected chi connectivity index (χ4v) is 6.36. The average molecular weight is 458 g/mol. The number of thioether (sulfide) groups is 1. The third-order valence-corrected chi connectivity index (χ3v) is 8.41. The van der Waals surface area contributed by atoms with Crippen LogP contribution in [0.1, 0.15) is 47.5 Å². The van der Waals surface area contributed by atoms with E-state index in [1.165, 1.54) is 40.8 Å². The van der Waals surface area contributed by atoms with Crippen LogP contribution in [0.3, 0.4) is 0 Å². The summed E-state index contributed by atoms with van der Waals surface area (Å²) in [5, 5.41) is 3.78. The van der Waals surface area contributed by atoms with Gasteiger partial charge in [0.2, 0.25) is 5.91 Å². The number of hydrogen-bond acceptors (Lipinski definition) is 5. The van der Waals surface area contributed by atoms with E-state index in [9.17, 15) is 14.0 Å². The van der Waals surface area contributed by atoms with E-state index in [0.717, 1.165) is 47.9 Å². The fourth-order valence-electron chi connectivity index (χ4n) is 4.36. The van der Waals surface area contributed by atoms with Crippen molar-refractivity contribution in [2.45, 2.75) is 49.7 Å². The third-order valence-electron chi connectivity index (χ3n) is 6.28. The van der Waals surface area contributed by atoms with E-state index in [-0.39, 0.29) is 22.7 Å². The van der Waals surface area contributed by atoms with E-state index >= 15 is 0 Å². The van der Waals surface area contributed by atoms with Crippen LogP contribution < -0.4 is 10.9 Å². The number of nitrogens with zero attached hydrogens (tertiary/aromatic N) is 1. The minimum absolute atomic E-state index is 0.0339. The van der Waals surface area contributed by atoms with Gasteiger partial charge in [-0.15, -0.1) is 23.1 Å². The van der Waals surface area contributed by atoms with Gasteiger partial charge in [-0.05, 0) is 61.8 Å². The van der Waals surface area contributed by atoms with Gasteiger partial charge in [0.1, 0.15) is 16.5 Å². The minimum atomic E-state index is -0.243. The average Bonchev–Trinajstić information content (AvgIpc) is 3.45. The second-order valence-corrected chi connectivity index (χ2v) is 10.5. The molecule has 0 atom stereocenters. The van der Waals surface area contributed by atoms with Crippen molar-refractivity contribution in [1.82, 2.24) is 15.3 Å². The molecule has 1 saturated carbocycles. The van der Waals surface area contributed by atoms with Gasteiger partial charge in [-0.3, -0.25) is 9.59 Å². The van der Waals surface area contributed by atoms with Crippen LogP contribution in [0.15, 0.2) is 29.1 Å². The molecule has 2 aliphatic carbocycles. The fraction of sp³-hybridized carbons (Fsp3) is 0.435. The van der Waals surface area contributed by atoms with Gasteiger partial charge < -0.3 is 10.3 Å². The molecule has 2 aromatic heterocycles. The van der Waals surface area contributed by atoms with Gasteiger partial charge in [0.15, 0.2) is 0 Å². The van der Waals surface area contributed by atoms with Crippen LogP contribution in [-0.2, 0) is 28.8 Å². The molecule has 0 spiro atoms. The molecule has 162 valence electrons. The number of aromatic nitrogens is 2. The van der Waals surface area contributed by atoms with Gasteiger partial charge in [-0.25, -0.2) is 9.37 Å². The Morgan fingerprint density at radius 3 is 2.77 bits per heavy atom. The van der Waals surface area contributed by atoms with Crippen LogP contribution in [0, 0.1) is 5.82 Å². The van der Waals surface area contributed by atoms with Crippen molar-refractivity contribution < 1.29 is 9.18 Å². The second kappa shape index (κ2) is 8.39. The molecule has 5 nitrogen and oxygen atoms in total. The predicted octanol–water partition coefficient (Wildman–Crippen LogP) is 4.08. The molecule has 2 N–H and O–H groups in total. The molecule has 0 saturated heterocycles. The normalized spacial score (nSPS) is 16.8. The molecular formula is C23H24FN3O2S2. The Bertz CT molecular complexity index is 1180. The Morgan fingerprint density at radius 2 is 2.00 bits per heavy atom. The molecule has 0 bridgehead atoms. The lowest BCUT2D eigenvalue weighted by atomic mass is 9.96. The van der Waals surface area contributed by atoms with Crippen LogP contribution in [0.5, 0.6) is 0 Å². The maximum Gasteiger partial charge on any atom is 0.259 e. The zero-order valence-corrected chi connectivity index (χ0v) is 18.8. The molecule has 0 aliphatic heterocycles. The van der Waals surface area contributed by atoms with Crippen molar-refractivity contribution >= 4 is 39.2 Å². The number of thiophene rings is 1. The van der Waals surface area contributed by atoms with Gasteiger partial charge in [0, 0.05) is 16.8 Å². The standard InChI is InChI=1S/C23H24FN3O2S2/c24-15-7-5-14(6-8-15)23(9-10-23)13-25-19(28)12-30-11-18-26-21(29)20-16-3-1-2-4-17(16)31-22(20)27-18/h5-8H,1-4,9-13H2,(H,25,28)(H,26,27,29). The number of carbonyl (C=O) groups is 1. The molecule has 31 heavy (non-hydrogen) atoms. The Labute approximate surface area is 187 Å². The Balaban J connectivity index is 1.16. The summed E-state index contributed by atoms with van der Waals surface area (Å²) in [6, 6.07) is 6.57. The van der Waals surface area contributed by atoms with E-state index in [1.54, 1.807) is 11.3 Å². The smallest absolute Gasteiger partial charge is 0.259 e. The van der Waals surface area contributed by atoms with Crippen molar-refractivity contribution in [1.29, 1.82) is 0 Å². The van der Waals surface area contributed by atoms with E-state index in [4.69, 9.17) is 0 Å². The van der Waals surface area contributed by atoms with E-state index < -0.39 is 0 Å². The highest BCUT2D eigenvalue weighted by molar-refractivity contribution is 7.99. The molecule has 3 aromatic rings. The van der Waals surface area contributed by atoms with Crippen molar-refractivity contribution in [2.24, 2.45) is 0 Å². The summed E-state index contributed by atoms with van der Waals surface area (Å²) in [4.78, 5) is 34.6. The summed E-state index contributed by atoms with van der Waals surface area (Å²) >= 11 is 3.09. The lowest BCUT2D eigenvalue weighted by Crippen LogP contribution is -2.33. The van der Waals surface area contributed by atoms with Gasteiger partial charge >= 0.3 is 0 Å². The molecule has 2 heterocycles. The maximum absolute atomic E-state index is 13.2. The van der Waals surface area contributed by atoms with Crippen molar-refractivity contribution in [3.05, 3.63) is 62.3 Å². The SMILES string of the molecule is O=C(CSCc1nc2sc3c(c2c(=O)[nH]1)CCCC3)NCC1(c2ccc(F)cc2)CC1. The third kappa shape index (κ3) is 4.28. The lowest BCUT2D eigenvalue weighted by Gasteiger charge is -2.16. The highest BCUT2D eigenvalue weighted by atomic mass is 32.2. The molecule has 1 fully saturated rings. The van der Waals surface area contributed by atoms with E-state index in [1.807, 2.05) is 12.1 Å². The van der Waals surface area contributed by atoms with Crippen LogP contribution in [0.25, 0.3) is 10.2 Å². The molecule has 1 amide bonds. The van der Waals surface area contributed by atoms with Crippen molar-refractivity contribution in [2.75, 3.05) is 12.3 Å². The van der Waals surface area contributed by atoms with E-state index in [2.05, 4.69) is 15.3 Å². The summed E-state index contributed by atoms with van der Waals surface area (Å²) in [6.45, 7) is 0.569. The number of nitrogens with one attached hydrogen (secondary N) is 2. The number of halogens is 1. The van der Waals surface area contributed by atoms with Crippen molar-refractivity contribution in [3.63, 3.8) is 0 Å². The Hall–Kier alpha value is -2.19. The molecule has 8 heteroatoms. The quantitative estimate of drug-likeness (QED) is 0.561. The Morgan fingerprint density at radius 1 is 1.23 bits per heavy atom. The zero-order chi connectivity index (χ0) is 21.4. The van der Waals surface area contributed by atoms with Crippen molar-refractivity contribution in [3.8, 4) is 0 Å². The molecular weight excluding hydrogens is 433 g/mol. The van der Waals surface area contributed by atoms with Gasteiger partial charge in [-0.1, -0.05) is 12.1 Å². The number of fused-ring (bicyclic) bond motifs is 3. The van der Waals surface area contributed by atoms with Gasteiger partial charge in [0.25, 0.3) is 5.56 Å².